The third-order valence-corrected chi connectivity index (χ3v) is 3.94. The van der Waals surface area contributed by atoms with Gasteiger partial charge in [0.2, 0.25) is 5.82 Å². The van der Waals surface area contributed by atoms with Gasteiger partial charge in [-0.15, -0.1) is 10.2 Å². The highest BCUT2D eigenvalue weighted by atomic mass is 15.5. The Balaban J connectivity index is 1.60. The third-order valence-electron chi connectivity index (χ3n) is 3.94. The number of nitrogens with zero attached hydrogens (tertiary/aromatic N) is 3. The molecule has 0 aliphatic heterocycles. The highest BCUT2D eigenvalue weighted by Gasteiger charge is 2.21. The molecule has 0 radical (unpaired) electrons. The van der Waals surface area contributed by atoms with E-state index < -0.39 is 0 Å². The Kier molecular flexibility index (Phi) is 2.88. The molecule has 104 valence electrons. The van der Waals surface area contributed by atoms with E-state index in [-0.39, 0.29) is 0 Å². The summed E-state index contributed by atoms with van der Waals surface area (Å²) >= 11 is 0. The van der Waals surface area contributed by atoms with E-state index in [1.165, 1.54) is 11.1 Å². The number of hydrogen-bond donors (Lipinski definition) is 2. The van der Waals surface area contributed by atoms with Crippen molar-refractivity contribution in [3.05, 3.63) is 59.7 Å². The first-order valence-corrected chi connectivity index (χ1v) is 7.08. The Morgan fingerprint density at radius 1 is 1.10 bits per heavy atom. The first-order valence-electron chi connectivity index (χ1n) is 7.08. The molecule has 5 nitrogen and oxygen atoms in total. The maximum absolute atomic E-state index is 4.02. The summed E-state index contributed by atoms with van der Waals surface area (Å²) in [6.07, 6.45) is 2.27. The number of tetrazole rings is 1. The Morgan fingerprint density at radius 2 is 2.05 bits per heavy atom. The molecule has 0 fully saturated rings. The van der Waals surface area contributed by atoms with Crippen molar-refractivity contribution >= 4 is 5.69 Å². The molecule has 1 unspecified atom stereocenters. The van der Waals surface area contributed by atoms with Crippen molar-refractivity contribution in [3.63, 3.8) is 0 Å². The smallest absolute Gasteiger partial charge is 0.204 e. The van der Waals surface area contributed by atoms with E-state index >= 15 is 0 Å². The predicted octanol–water partition coefficient (Wildman–Crippen LogP) is 2.97. The number of aryl methyl sites for hydroxylation is 1. The molecule has 1 aliphatic rings. The summed E-state index contributed by atoms with van der Waals surface area (Å²) in [5.74, 6) is 0.616. The molecule has 0 saturated carbocycles. The van der Waals surface area contributed by atoms with Gasteiger partial charge in [-0.25, -0.2) is 0 Å². The highest BCUT2D eigenvalue weighted by molar-refractivity contribution is 5.62. The van der Waals surface area contributed by atoms with Crippen LogP contribution >= 0.6 is 0 Å². The maximum atomic E-state index is 4.02. The number of benzene rings is 2. The van der Waals surface area contributed by atoms with Gasteiger partial charge in [0.05, 0.1) is 6.04 Å². The monoisotopic (exact) mass is 277 g/mol. The Labute approximate surface area is 122 Å². The highest BCUT2D eigenvalue weighted by Crippen LogP contribution is 2.34. The lowest BCUT2D eigenvalue weighted by molar-refractivity contribution is 0.762. The van der Waals surface area contributed by atoms with Crippen molar-refractivity contribution < 1.29 is 0 Å². The lowest BCUT2D eigenvalue weighted by Gasteiger charge is -2.16. The largest absolute Gasteiger partial charge is 0.378 e. The lowest BCUT2D eigenvalue weighted by Crippen LogP contribution is -2.06. The van der Waals surface area contributed by atoms with E-state index in [1.54, 1.807) is 0 Å². The van der Waals surface area contributed by atoms with Gasteiger partial charge in [0, 0.05) is 11.3 Å². The topological polar surface area (TPSA) is 66.5 Å². The van der Waals surface area contributed by atoms with Crippen LogP contribution in [0, 0.1) is 0 Å². The van der Waals surface area contributed by atoms with Crippen LogP contribution in [0.15, 0.2) is 48.5 Å². The summed E-state index contributed by atoms with van der Waals surface area (Å²) in [7, 11) is 0. The number of nitrogens with one attached hydrogen (secondary N) is 2. The number of anilines is 1. The zero-order valence-corrected chi connectivity index (χ0v) is 11.5. The summed E-state index contributed by atoms with van der Waals surface area (Å²) in [6.45, 7) is 0. The van der Waals surface area contributed by atoms with Crippen LogP contribution in [0.25, 0.3) is 11.4 Å². The van der Waals surface area contributed by atoms with Gasteiger partial charge in [-0.05, 0) is 41.3 Å². The summed E-state index contributed by atoms with van der Waals surface area (Å²) in [4.78, 5) is 0. The summed E-state index contributed by atoms with van der Waals surface area (Å²) < 4.78 is 0. The fourth-order valence-corrected chi connectivity index (χ4v) is 2.94. The van der Waals surface area contributed by atoms with Crippen molar-refractivity contribution in [2.24, 2.45) is 0 Å². The Bertz CT molecular complexity index is 751. The van der Waals surface area contributed by atoms with E-state index in [2.05, 4.69) is 62.3 Å². The summed E-state index contributed by atoms with van der Waals surface area (Å²) in [6, 6.07) is 17.1. The second kappa shape index (κ2) is 5.01. The van der Waals surface area contributed by atoms with Gasteiger partial charge in [-0.1, -0.05) is 36.4 Å². The molecule has 0 saturated heterocycles. The molecule has 2 aromatic carbocycles. The summed E-state index contributed by atoms with van der Waals surface area (Å²) in [5.41, 5.74) is 4.89. The molecule has 1 heterocycles. The molecular weight excluding hydrogens is 262 g/mol. The average Bonchev–Trinajstić information content (AvgIpc) is 3.18. The minimum absolute atomic E-state index is 0.377. The molecule has 3 aromatic rings. The van der Waals surface area contributed by atoms with Crippen LogP contribution in [0.3, 0.4) is 0 Å². The van der Waals surface area contributed by atoms with Crippen molar-refractivity contribution in [1.82, 2.24) is 20.6 Å². The first-order chi connectivity index (χ1) is 10.4. The molecule has 0 amide bonds. The number of hydrogen-bond acceptors (Lipinski definition) is 4. The van der Waals surface area contributed by atoms with E-state index in [4.69, 9.17) is 0 Å². The van der Waals surface area contributed by atoms with E-state index in [9.17, 15) is 0 Å². The second-order valence-corrected chi connectivity index (χ2v) is 5.25. The quantitative estimate of drug-likeness (QED) is 0.772. The molecule has 1 aromatic heterocycles. The van der Waals surface area contributed by atoms with Crippen molar-refractivity contribution in [2.75, 3.05) is 5.32 Å². The molecule has 1 atom stereocenters. The van der Waals surface area contributed by atoms with Crippen LogP contribution in [0.5, 0.6) is 0 Å². The molecule has 1 aliphatic carbocycles. The Morgan fingerprint density at radius 3 is 2.95 bits per heavy atom. The van der Waals surface area contributed by atoms with Gasteiger partial charge in [-0.2, -0.15) is 5.21 Å². The summed E-state index contributed by atoms with van der Waals surface area (Å²) in [5, 5.41) is 17.7. The third kappa shape index (κ3) is 2.27. The van der Waals surface area contributed by atoms with Gasteiger partial charge in [0.25, 0.3) is 0 Å². The molecule has 2 N–H and O–H groups in total. The SMILES string of the molecule is c1cc(NC2CCc3ccccc32)cc(-c2nn[nH]n2)c1. The van der Waals surface area contributed by atoms with Gasteiger partial charge < -0.3 is 5.32 Å². The van der Waals surface area contributed by atoms with Crippen molar-refractivity contribution in [2.45, 2.75) is 18.9 Å². The van der Waals surface area contributed by atoms with E-state index in [0.29, 0.717) is 11.9 Å². The van der Waals surface area contributed by atoms with Crippen molar-refractivity contribution in [3.8, 4) is 11.4 Å². The normalized spacial score (nSPS) is 16.7. The molecule has 0 spiro atoms. The van der Waals surface area contributed by atoms with Crippen LogP contribution in [0.2, 0.25) is 0 Å². The molecule has 21 heavy (non-hydrogen) atoms. The minimum Gasteiger partial charge on any atom is -0.378 e. The average molecular weight is 277 g/mol. The first kappa shape index (κ1) is 12.1. The van der Waals surface area contributed by atoms with Crippen LogP contribution in [0.1, 0.15) is 23.6 Å². The fraction of sp³-hybridized carbons (Fsp3) is 0.188. The van der Waals surface area contributed by atoms with Gasteiger partial charge in [0.1, 0.15) is 0 Å². The number of fused-ring (bicyclic) bond motifs is 1. The Hall–Kier alpha value is -2.69. The molecular formula is C16H15N5. The zero-order chi connectivity index (χ0) is 14.1. The van der Waals surface area contributed by atoms with Crippen LogP contribution in [-0.4, -0.2) is 20.6 Å². The molecule has 0 bridgehead atoms. The zero-order valence-electron chi connectivity index (χ0n) is 11.5. The fourth-order valence-electron chi connectivity index (χ4n) is 2.94. The van der Waals surface area contributed by atoms with Gasteiger partial charge >= 0.3 is 0 Å². The van der Waals surface area contributed by atoms with Crippen LogP contribution < -0.4 is 5.32 Å². The minimum atomic E-state index is 0.377. The van der Waals surface area contributed by atoms with Crippen LogP contribution in [-0.2, 0) is 6.42 Å². The van der Waals surface area contributed by atoms with Gasteiger partial charge in [0.15, 0.2) is 0 Å². The number of rotatable bonds is 3. The van der Waals surface area contributed by atoms with E-state index in [1.807, 2.05) is 12.1 Å². The predicted molar refractivity (Wildman–Crippen MR) is 80.7 cm³/mol. The van der Waals surface area contributed by atoms with Gasteiger partial charge in [-0.3, -0.25) is 0 Å². The van der Waals surface area contributed by atoms with E-state index in [0.717, 1.165) is 24.1 Å². The molecule has 5 heteroatoms. The number of aromatic nitrogens is 4. The number of H-pyrrole nitrogens is 1. The molecule has 4 rings (SSSR count). The lowest BCUT2D eigenvalue weighted by atomic mass is 10.1. The van der Waals surface area contributed by atoms with Crippen molar-refractivity contribution in [1.29, 1.82) is 0 Å². The number of aromatic amines is 1. The second-order valence-electron chi connectivity index (χ2n) is 5.25. The maximum Gasteiger partial charge on any atom is 0.204 e. The standard InChI is InChI=1S/C16H15N5/c1-2-7-14-11(4-1)8-9-15(14)17-13-6-3-5-12(10-13)16-18-20-21-19-16/h1-7,10,15,17H,8-9H2,(H,18,19,20,21). The van der Waals surface area contributed by atoms with Crippen LogP contribution in [0.4, 0.5) is 5.69 Å².